The van der Waals surface area contributed by atoms with Crippen LogP contribution >= 0.6 is 0 Å². The van der Waals surface area contributed by atoms with Crippen molar-refractivity contribution in [2.75, 3.05) is 37.7 Å². The van der Waals surface area contributed by atoms with Crippen LogP contribution in [0.25, 0.3) is 32.9 Å². The van der Waals surface area contributed by atoms with Crippen LogP contribution in [0.4, 0.5) is 10.2 Å². The number of anilines is 1. The molecular formula is C37H39FN6O2. The molecule has 2 aromatic carbocycles. The number of phenolic OH excluding ortho intramolecular Hbond substituents is 1. The Morgan fingerprint density at radius 1 is 1.22 bits per heavy atom. The monoisotopic (exact) mass is 618 g/mol. The second kappa shape index (κ2) is 11.2. The SMILES string of the molecule is C#Cc1cccc2cc(O)cc(-c3ncc4c(N5CC6CCC(C5)N6)nc(OCC56CCCN5C/C(=C\C(C)C)C6)nc4c3F)c12. The molecule has 2 bridgehead atoms. The number of benzene rings is 2. The molecule has 9 heteroatoms. The Hall–Kier alpha value is -4.26. The zero-order chi connectivity index (χ0) is 31.6. The summed E-state index contributed by atoms with van der Waals surface area (Å²) in [5, 5.41) is 16.2. The van der Waals surface area contributed by atoms with Crippen LogP contribution in [-0.4, -0.2) is 75.4 Å². The molecule has 2 aromatic heterocycles. The standard InChI is InChI=1S/C37H39FN6O2/c1-4-24-7-5-8-25-14-28(45)15-29(31(24)25)33-32(38)34-30(17-39-33)35(43-19-26-9-10-27(20-43)40-26)42-36(41-34)46-21-37-11-6-12-44(37)18-23(16-37)13-22(2)3/h1,5,7-8,13-15,17,22,26-27,40,45H,6,9-12,16,18-21H2,2-3H3/b23-13-. The number of allylic oxidation sites excluding steroid dienone is 1. The summed E-state index contributed by atoms with van der Waals surface area (Å²) in [6.45, 7) is 8.45. The number of nitrogens with one attached hydrogen (secondary N) is 1. The molecule has 4 fully saturated rings. The van der Waals surface area contributed by atoms with Crippen molar-refractivity contribution in [3.63, 3.8) is 0 Å². The molecule has 3 unspecified atom stereocenters. The van der Waals surface area contributed by atoms with Crippen LogP contribution in [0, 0.1) is 24.1 Å². The van der Waals surface area contributed by atoms with Crippen molar-refractivity contribution in [3.05, 3.63) is 59.6 Å². The first kappa shape index (κ1) is 29.2. The van der Waals surface area contributed by atoms with Gasteiger partial charge in [0, 0.05) is 54.4 Å². The second-order valence-corrected chi connectivity index (χ2v) is 13.9. The summed E-state index contributed by atoms with van der Waals surface area (Å²) in [6.07, 6.45) is 15.3. The Labute approximate surface area is 268 Å². The van der Waals surface area contributed by atoms with Gasteiger partial charge in [-0.15, -0.1) is 6.42 Å². The van der Waals surface area contributed by atoms with Gasteiger partial charge < -0.3 is 20.1 Å². The summed E-state index contributed by atoms with van der Waals surface area (Å²) >= 11 is 0. The lowest BCUT2D eigenvalue weighted by Gasteiger charge is -2.34. The van der Waals surface area contributed by atoms with Crippen LogP contribution in [0.1, 0.15) is 51.5 Å². The summed E-state index contributed by atoms with van der Waals surface area (Å²) in [5.74, 6) is 3.27. The highest BCUT2D eigenvalue weighted by Crippen LogP contribution is 2.43. The molecule has 0 saturated carbocycles. The largest absolute Gasteiger partial charge is 0.508 e. The highest BCUT2D eigenvalue weighted by Gasteiger charge is 2.47. The number of pyridine rings is 1. The summed E-state index contributed by atoms with van der Waals surface area (Å²) in [5.41, 5.74) is 2.61. The van der Waals surface area contributed by atoms with E-state index in [1.807, 2.05) is 18.2 Å². The van der Waals surface area contributed by atoms with Crippen LogP contribution in [0.5, 0.6) is 11.8 Å². The van der Waals surface area contributed by atoms with E-state index in [9.17, 15) is 5.11 Å². The molecule has 4 aliphatic heterocycles. The predicted molar refractivity (Wildman–Crippen MR) is 179 cm³/mol. The maximum absolute atomic E-state index is 16.9. The number of terminal acetylenes is 1. The van der Waals surface area contributed by atoms with Crippen molar-refractivity contribution in [1.82, 2.24) is 25.2 Å². The Morgan fingerprint density at radius 2 is 2.04 bits per heavy atom. The third-order valence-electron chi connectivity index (χ3n) is 10.3. The Morgan fingerprint density at radius 3 is 2.83 bits per heavy atom. The third kappa shape index (κ3) is 4.95. The number of fused-ring (bicyclic) bond motifs is 5. The number of rotatable bonds is 6. The summed E-state index contributed by atoms with van der Waals surface area (Å²) in [4.78, 5) is 19.1. The molecule has 4 aliphatic rings. The van der Waals surface area contributed by atoms with Gasteiger partial charge in [0.15, 0.2) is 5.82 Å². The van der Waals surface area contributed by atoms with Gasteiger partial charge in [0.25, 0.3) is 0 Å². The summed E-state index contributed by atoms with van der Waals surface area (Å²) < 4.78 is 23.4. The van der Waals surface area contributed by atoms with Crippen LogP contribution in [0.3, 0.4) is 0 Å². The van der Waals surface area contributed by atoms with E-state index < -0.39 is 5.82 Å². The highest BCUT2D eigenvalue weighted by molar-refractivity contribution is 6.02. The molecule has 6 heterocycles. The van der Waals surface area contributed by atoms with Gasteiger partial charge in [-0.25, -0.2) is 4.39 Å². The molecule has 236 valence electrons. The molecule has 4 aromatic rings. The zero-order valence-corrected chi connectivity index (χ0v) is 26.4. The number of nitrogens with zero attached hydrogens (tertiary/aromatic N) is 5. The van der Waals surface area contributed by atoms with E-state index in [4.69, 9.17) is 21.1 Å². The minimum atomic E-state index is -0.591. The lowest BCUT2D eigenvalue weighted by Crippen LogP contribution is -2.51. The molecule has 0 spiro atoms. The number of aromatic hydroxyl groups is 1. The van der Waals surface area contributed by atoms with E-state index in [-0.39, 0.29) is 28.5 Å². The van der Waals surface area contributed by atoms with E-state index in [0.717, 1.165) is 58.3 Å². The fourth-order valence-electron chi connectivity index (χ4n) is 8.37. The number of phenols is 1. The van der Waals surface area contributed by atoms with E-state index in [2.05, 4.69) is 45.9 Å². The average molecular weight is 619 g/mol. The lowest BCUT2D eigenvalue weighted by molar-refractivity contribution is 0.108. The van der Waals surface area contributed by atoms with Crippen LogP contribution in [-0.2, 0) is 0 Å². The molecule has 46 heavy (non-hydrogen) atoms. The number of piperazine rings is 1. The summed E-state index contributed by atoms with van der Waals surface area (Å²) in [7, 11) is 0. The van der Waals surface area contributed by atoms with Gasteiger partial charge in [-0.3, -0.25) is 9.88 Å². The van der Waals surface area contributed by atoms with Gasteiger partial charge >= 0.3 is 6.01 Å². The normalized spacial score (nSPS) is 25.2. The van der Waals surface area contributed by atoms with Crippen LogP contribution in [0.15, 0.2) is 48.2 Å². The number of hydrogen-bond acceptors (Lipinski definition) is 8. The lowest BCUT2D eigenvalue weighted by atomic mass is 9.92. The van der Waals surface area contributed by atoms with Gasteiger partial charge in [-0.05, 0) is 68.2 Å². The topological polar surface area (TPSA) is 86.6 Å². The molecule has 3 atom stereocenters. The van der Waals surface area contributed by atoms with Crippen molar-refractivity contribution in [2.24, 2.45) is 5.92 Å². The van der Waals surface area contributed by atoms with Crippen molar-refractivity contribution in [2.45, 2.75) is 63.6 Å². The van der Waals surface area contributed by atoms with Crippen LogP contribution < -0.4 is 15.0 Å². The Bertz CT molecular complexity index is 1920. The highest BCUT2D eigenvalue weighted by atomic mass is 19.1. The van der Waals surface area contributed by atoms with Crippen LogP contribution in [0.2, 0.25) is 0 Å². The van der Waals surface area contributed by atoms with Gasteiger partial charge in [0.1, 0.15) is 29.4 Å². The molecule has 8 rings (SSSR count). The summed E-state index contributed by atoms with van der Waals surface area (Å²) in [6, 6.07) is 9.53. The van der Waals surface area contributed by atoms with Gasteiger partial charge in [-0.1, -0.05) is 43.5 Å². The maximum atomic E-state index is 16.9. The Kier molecular flexibility index (Phi) is 7.11. The van der Waals surface area contributed by atoms with Crippen molar-refractivity contribution < 1.29 is 14.2 Å². The molecular weight excluding hydrogens is 579 g/mol. The molecule has 0 amide bonds. The van der Waals surface area contributed by atoms with Crippen molar-refractivity contribution >= 4 is 27.5 Å². The molecule has 4 saturated heterocycles. The van der Waals surface area contributed by atoms with Gasteiger partial charge in [0.05, 0.1) is 10.9 Å². The molecule has 2 N–H and O–H groups in total. The first-order chi connectivity index (χ1) is 22.3. The predicted octanol–water partition coefficient (Wildman–Crippen LogP) is 5.81. The second-order valence-electron chi connectivity index (χ2n) is 13.9. The fourth-order valence-corrected chi connectivity index (χ4v) is 8.37. The number of hydrogen-bond donors (Lipinski definition) is 2. The van der Waals surface area contributed by atoms with Crippen molar-refractivity contribution in [1.29, 1.82) is 0 Å². The quantitative estimate of drug-likeness (QED) is 0.207. The van der Waals surface area contributed by atoms with Crippen molar-refractivity contribution in [3.8, 4) is 35.4 Å². The minimum absolute atomic E-state index is 0.00415. The number of aromatic nitrogens is 3. The smallest absolute Gasteiger partial charge is 0.319 e. The number of ether oxygens (including phenoxy) is 1. The zero-order valence-electron chi connectivity index (χ0n) is 26.4. The van der Waals surface area contributed by atoms with Gasteiger partial charge in [-0.2, -0.15) is 9.97 Å². The fraction of sp³-hybridized carbons (Fsp3) is 0.432. The first-order valence-corrected chi connectivity index (χ1v) is 16.5. The Balaban J connectivity index is 1.24. The molecule has 8 nitrogen and oxygen atoms in total. The number of halogens is 1. The molecule has 0 radical (unpaired) electrons. The first-order valence-electron chi connectivity index (χ1n) is 16.5. The van der Waals surface area contributed by atoms with E-state index >= 15 is 4.39 Å². The van der Waals surface area contributed by atoms with E-state index in [0.29, 0.717) is 57.7 Å². The van der Waals surface area contributed by atoms with E-state index in [1.165, 1.54) is 11.6 Å². The third-order valence-corrected chi connectivity index (χ3v) is 10.3. The van der Waals surface area contributed by atoms with E-state index in [1.54, 1.807) is 12.3 Å². The minimum Gasteiger partial charge on any atom is -0.508 e. The van der Waals surface area contributed by atoms with Gasteiger partial charge in [0.2, 0.25) is 0 Å². The average Bonchev–Trinajstić information content (AvgIpc) is 3.69. The maximum Gasteiger partial charge on any atom is 0.319 e. The molecule has 0 aliphatic carbocycles.